The standard InChI is InChI=1S/C9H20S/c1-3-4-5-6-7-9(2)8-10/h9-10H,3-8H2,1-2H3. The van der Waals surface area contributed by atoms with Crippen molar-refractivity contribution in [1.29, 1.82) is 0 Å². The molecular weight excluding hydrogens is 140 g/mol. The molecule has 0 aliphatic carbocycles. The summed E-state index contributed by atoms with van der Waals surface area (Å²) in [5.74, 6) is 1.87. The van der Waals surface area contributed by atoms with E-state index in [1.165, 1.54) is 32.1 Å². The lowest BCUT2D eigenvalue weighted by Crippen LogP contribution is -1.95. The van der Waals surface area contributed by atoms with Gasteiger partial charge in [0.05, 0.1) is 0 Å². The van der Waals surface area contributed by atoms with Gasteiger partial charge in [-0.3, -0.25) is 0 Å². The molecular formula is C9H20S. The van der Waals surface area contributed by atoms with E-state index in [1.54, 1.807) is 0 Å². The Morgan fingerprint density at radius 1 is 1.20 bits per heavy atom. The second-order valence-corrected chi connectivity index (χ2v) is 3.50. The summed E-state index contributed by atoms with van der Waals surface area (Å²) in [6, 6.07) is 0. The third-order valence-electron chi connectivity index (χ3n) is 1.86. The number of thiol groups is 1. The second kappa shape index (κ2) is 7.46. The minimum Gasteiger partial charge on any atom is -0.179 e. The van der Waals surface area contributed by atoms with E-state index in [-0.39, 0.29) is 0 Å². The van der Waals surface area contributed by atoms with Gasteiger partial charge in [0.2, 0.25) is 0 Å². The average Bonchev–Trinajstić information content (AvgIpc) is 1.98. The quantitative estimate of drug-likeness (QED) is 0.446. The van der Waals surface area contributed by atoms with Gasteiger partial charge in [-0.25, -0.2) is 0 Å². The highest BCUT2D eigenvalue weighted by atomic mass is 32.1. The van der Waals surface area contributed by atoms with E-state index in [4.69, 9.17) is 0 Å². The van der Waals surface area contributed by atoms with Crippen LogP contribution in [0.3, 0.4) is 0 Å². The Balaban J connectivity index is 2.89. The molecule has 0 fully saturated rings. The predicted octanol–water partition coefficient (Wildman–Crippen LogP) is 3.52. The number of hydrogen-bond acceptors (Lipinski definition) is 1. The molecule has 0 aromatic carbocycles. The third-order valence-corrected chi connectivity index (χ3v) is 2.49. The van der Waals surface area contributed by atoms with Crippen LogP contribution in [0.4, 0.5) is 0 Å². The second-order valence-electron chi connectivity index (χ2n) is 3.14. The van der Waals surface area contributed by atoms with Gasteiger partial charge in [0.25, 0.3) is 0 Å². The fourth-order valence-electron chi connectivity index (χ4n) is 1.01. The van der Waals surface area contributed by atoms with Crippen LogP contribution in [0.5, 0.6) is 0 Å². The Labute approximate surface area is 70.8 Å². The van der Waals surface area contributed by atoms with Crippen LogP contribution in [-0.4, -0.2) is 5.75 Å². The monoisotopic (exact) mass is 160 g/mol. The summed E-state index contributed by atoms with van der Waals surface area (Å²) in [7, 11) is 0. The van der Waals surface area contributed by atoms with Crippen LogP contribution in [0, 0.1) is 5.92 Å². The minimum atomic E-state index is 0.820. The lowest BCUT2D eigenvalue weighted by atomic mass is 10.0. The van der Waals surface area contributed by atoms with E-state index in [0.29, 0.717) is 0 Å². The van der Waals surface area contributed by atoms with E-state index >= 15 is 0 Å². The zero-order valence-corrected chi connectivity index (χ0v) is 8.16. The van der Waals surface area contributed by atoms with Crippen molar-refractivity contribution >= 4 is 12.6 Å². The normalized spacial score (nSPS) is 13.5. The van der Waals surface area contributed by atoms with Crippen LogP contribution in [0.2, 0.25) is 0 Å². The molecule has 0 aliphatic rings. The summed E-state index contributed by atoms with van der Waals surface area (Å²) in [5, 5.41) is 0. The van der Waals surface area contributed by atoms with Crippen molar-refractivity contribution in [2.24, 2.45) is 5.92 Å². The Morgan fingerprint density at radius 2 is 1.90 bits per heavy atom. The lowest BCUT2D eigenvalue weighted by Gasteiger charge is -2.05. The van der Waals surface area contributed by atoms with E-state index in [2.05, 4.69) is 26.5 Å². The first-order valence-corrected chi connectivity index (χ1v) is 5.05. The Kier molecular flexibility index (Phi) is 7.72. The van der Waals surface area contributed by atoms with Gasteiger partial charge < -0.3 is 0 Å². The zero-order valence-electron chi connectivity index (χ0n) is 7.27. The molecule has 0 N–H and O–H groups in total. The van der Waals surface area contributed by atoms with Crippen molar-refractivity contribution in [3.05, 3.63) is 0 Å². The molecule has 1 unspecified atom stereocenters. The van der Waals surface area contributed by atoms with Gasteiger partial charge in [-0.2, -0.15) is 12.6 Å². The molecule has 0 saturated carbocycles. The molecule has 0 spiro atoms. The number of unbranched alkanes of at least 4 members (excludes halogenated alkanes) is 3. The fourth-order valence-corrected chi connectivity index (χ4v) is 1.19. The minimum absolute atomic E-state index is 0.820. The predicted molar refractivity (Wildman–Crippen MR) is 51.8 cm³/mol. The van der Waals surface area contributed by atoms with Crippen LogP contribution in [-0.2, 0) is 0 Å². The molecule has 0 aromatic rings. The Morgan fingerprint density at radius 3 is 2.40 bits per heavy atom. The molecule has 1 atom stereocenters. The number of hydrogen-bond donors (Lipinski definition) is 1. The molecule has 0 aromatic heterocycles. The lowest BCUT2D eigenvalue weighted by molar-refractivity contribution is 0.532. The maximum atomic E-state index is 4.24. The smallest absolute Gasteiger partial charge is 0.00721 e. The van der Waals surface area contributed by atoms with Crippen LogP contribution < -0.4 is 0 Å². The van der Waals surface area contributed by atoms with Crippen LogP contribution in [0.25, 0.3) is 0 Å². The van der Waals surface area contributed by atoms with Crippen molar-refractivity contribution in [1.82, 2.24) is 0 Å². The van der Waals surface area contributed by atoms with Crippen molar-refractivity contribution < 1.29 is 0 Å². The molecule has 0 nitrogen and oxygen atoms in total. The SMILES string of the molecule is CCCCCCC(C)CS. The van der Waals surface area contributed by atoms with E-state index in [9.17, 15) is 0 Å². The highest BCUT2D eigenvalue weighted by Crippen LogP contribution is 2.10. The molecule has 0 aliphatic heterocycles. The Hall–Kier alpha value is 0.350. The van der Waals surface area contributed by atoms with Crippen LogP contribution >= 0.6 is 12.6 Å². The van der Waals surface area contributed by atoms with Gasteiger partial charge in [-0.15, -0.1) is 0 Å². The maximum Gasteiger partial charge on any atom is -0.00721 e. The highest BCUT2D eigenvalue weighted by molar-refractivity contribution is 7.80. The highest BCUT2D eigenvalue weighted by Gasteiger charge is 1.97. The van der Waals surface area contributed by atoms with Gasteiger partial charge in [0, 0.05) is 0 Å². The first-order chi connectivity index (χ1) is 4.81. The Bertz CT molecular complexity index is 61.7. The summed E-state index contributed by atoms with van der Waals surface area (Å²) < 4.78 is 0. The first kappa shape index (κ1) is 10.3. The molecule has 0 saturated heterocycles. The molecule has 0 amide bonds. The molecule has 10 heavy (non-hydrogen) atoms. The van der Waals surface area contributed by atoms with Crippen molar-refractivity contribution in [3.8, 4) is 0 Å². The van der Waals surface area contributed by atoms with Crippen molar-refractivity contribution in [2.75, 3.05) is 5.75 Å². The summed E-state index contributed by atoms with van der Waals surface area (Å²) in [4.78, 5) is 0. The topological polar surface area (TPSA) is 0 Å². The number of rotatable bonds is 6. The zero-order chi connectivity index (χ0) is 7.82. The summed E-state index contributed by atoms with van der Waals surface area (Å²) >= 11 is 4.24. The average molecular weight is 160 g/mol. The molecule has 0 heterocycles. The molecule has 1 heteroatoms. The molecule has 0 rings (SSSR count). The summed E-state index contributed by atoms with van der Waals surface area (Å²) in [6.45, 7) is 4.53. The third kappa shape index (κ3) is 6.47. The molecule has 62 valence electrons. The summed E-state index contributed by atoms with van der Waals surface area (Å²) in [6.07, 6.45) is 6.92. The largest absolute Gasteiger partial charge is 0.179 e. The van der Waals surface area contributed by atoms with E-state index < -0.39 is 0 Å². The van der Waals surface area contributed by atoms with Crippen LogP contribution in [0.15, 0.2) is 0 Å². The van der Waals surface area contributed by atoms with E-state index in [1.807, 2.05) is 0 Å². The van der Waals surface area contributed by atoms with Crippen molar-refractivity contribution in [3.63, 3.8) is 0 Å². The molecule has 0 bridgehead atoms. The van der Waals surface area contributed by atoms with Gasteiger partial charge in [0.15, 0.2) is 0 Å². The van der Waals surface area contributed by atoms with E-state index in [0.717, 1.165) is 11.7 Å². The van der Waals surface area contributed by atoms with Gasteiger partial charge in [0.1, 0.15) is 0 Å². The fraction of sp³-hybridized carbons (Fsp3) is 1.00. The van der Waals surface area contributed by atoms with Crippen LogP contribution in [0.1, 0.15) is 46.0 Å². The van der Waals surface area contributed by atoms with Crippen molar-refractivity contribution in [2.45, 2.75) is 46.0 Å². The molecule has 0 radical (unpaired) electrons. The van der Waals surface area contributed by atoms with Gasteiger partial charge in [-0.1, -0.05) is 39.5 Å². The summed E-state index contributed by atoms with van der Waals surface area (Å²) in [5.41, 5.74) is 0. The van der Waals surface area contributed by atoms with Gasteiger partial charge >= 0.3 is 0 Å². The van der Waals surface area contributed by atoms with Gasteiger partial charge in [-0.05, 0) is 18.1 Å². The first-order valence-electron chi connectivity index (χ1n) is 4.42. The maximum absolute atomic E-state index is 4.24.